The SMILES string of the molecule is COc1ccc(CCN(Cc2ccco2)C(=O)CN(C(=O)C2CCCCC2)C(C)(C)C)cc1OC. The molecule has 1 heterocycles. The number of amides is 2. The zero-order chi connectivity index (χ0) is 25.4. The van der Waals surface area contributed by atoms with Crippen LogP contribution in [0, 0.1) is 5.92 Å². The first-order chi connectivity index (χ1) is 16.7. The lowest BCUT2D eigenvalue weighted by Crippen LogP contribution is -2.53. The third kappa shape index (κ3) is 7.26. The molecule has 35 heavy (non-hydrogen) atoms. The number of methoxy groups -OCH3 is 2. The Bertz CT molecular complexity index is 958. The van der Waals surface area contributed by atoms with Gasteiger partial charge in [0.25, 0.3) is 0 Å². The molecule has 2 amide bonds. The van der Waals surface area contributed by atoms with Crippen molar-refractivity contribution in [3.05, 3.63) is 47.9 Å². The summed E-state index contributed by atoms with van der Waals surface area (Å²) in [7, 11) is 3.22. The first kappa shape index (κ1) is 26.6. The lowest BCUT2D eigenvalue weighted by Gasteiger charge is -2.39. The molecule has 1 aliphatic carbocycles. The van der Waals surface area contributed by atoms with E-state index >= 15 is 0 Å². The van der Waals surface area contributed by atoms with Crippen molar-refractivity contribution in [3.8, 4) is 11.5 Å². The number of carbonyl (C=O) groups is 2. The zero-order valence-corrected chi connectivity index (χ0v) is 21.8. The van der Waals surface area contributed by atoms with Crippen LogP contribution >= 0.6 is 0 Å². The van der Waals surface area contributed by atoms with E-state index in [1.165, 1.54) is 6.42 Å². The van der Waals surface area contributed by atoms with E-state index in [1.54, 1.807) is 30.3 Å². The van der Waals surface area contributed by atoms with Gasteiger partial charge in [-0.1, -0.05) is 25.3 Å². The minimum Gasteiger partial charge on any atom is -0.493 e. The molecule has 1 aromatic carbocycles. The van der Waals surface area contributed by atoms with Crippen molar-refractivity contribution in [3.63, 3.8) is 0 Å². The molecular formula is C28H40N2O5. The molecule has 0 bridgehead atoms. The van der Waals surface area contributed by atoms with E-state index in [2.05, 4.69) is 0 Å². The smallest absolute Gasteiger partial charge is 0.242 e. The Morgan fingerprint density at radius 1 is 1.03 bits per heavy atom. The fourth-order valence-electron chi connectivity index (χ4n) is 4.63. The lowest BCUT2D eigenvalue weighted by molar-refractivity contribution is -0.148. The molecule has 1 fully saturated rings. The summed E-state index contributed by atoms with van der Waals surface area (Å²) in [5, 5.41) is 0. The molecule has 1 aromatic heterocycles. The Labute approximate surface area is 209 Å². The maximum absolute atomic E-state index is 13.6. The van der Waals surface area contributed by atoms with Crippen LogP contribution in [0.4, 0.5) is 0 Å². The summed E-state index contributed by atoms with van der Waals surface area (Å²) in [6, 6.07) is 9.47. The monoisotopic (exact) mass is 484 g/mol. The van der Waals surface area contributed by atoms with Crippen molar-refractivity contribution < 1.29 is 23.5 Å². The predicted molar refractivity (Wildman–Crippen MR) is 135 cm³/mol. The molecule has 3 rings (SSSR count). The van der Waals surface area contributed by atoms with Gasteiger partial charge >= 0.3 is 0 Å². The van der Waals surface area contributed by atoms with Gasteiger partial charge in [0.15, 0.2) is 11.5 Å². The van der Waals surface area contributed by atoms with Crippen LogP contribution in [0.15, 0.2) is 41.0 Å². The van der Waals surface area contributed by atoms with Gasteiger partial charge in [0, 0.05) is 18.0 Å². The second kappa shape index (κ2) is 12.1. The molecule has 2 aromatic rings. The van der Waals surface area contributed by atoms with Crippen LogP contribution in [0.3, 0.4) is 0 Å². The number of benzene rings is 1. The van der Waals surface area contributed by atoms with Gasteiger partial charge < -0.3 is 23.7 Å². The van der Waals surface area contributed by atoms with Crippen molar-refractivity contribution >= 4 is 11.8 Å². The number of hydrogen-bond donors (Lipinski definition) is 0. The first-order valence-electron chi connectivity index (χ1n) is 12.6. The van der Waals surface area contributed by atoms with E-state index in [0.29, 0.717) is 36.8 Å². The van der Waals surface area contributed by atoms with E-state index in [-0.39, 0.29) is 24.3 Å². The van der Waals surface area contributed by atoms with Crippen molar-refractivity contribution in [2.75, 3.05) is 27.3 Å². The predicted octanol–water partition coefficient (Wildman–Crippen LogP) is 5.08. The van der Waals surface area contributed by atoms with E-state index in [9.17, 15) is 9.59 Å². The van der Waals surface area contributed by atoms with E-state index in [4.69, 9.17) is 13.9 Å². The minimum atomic E-state index is -0.441. The number of rotatable bonds is 10. The highest BCUT2D eigenvalue weighted by Gasteiger charge is 2.34. The summed E-state index contributed by atoms with van der Waals surface area (Å²) in [5.41, 5.74) is 0.593. The quantitative estimate of drug-likeness (QED) is 0.471. The van der Waals surface area contributed by atoms with Crippen LogP contribution in [0.2, 0.25) is 0 Å². The van der Waals surface area contributed by atoms with Crippen LogP contribution < -0.4 is 9.47 Å². The van der Waals surface area contributed by atoms with E-state index in [1.807, 2.05) is 51.1 Å². The number of hydrogen-bond acceptors (Lipinski definition) is 5. The molecule has 1 aliphatic rings. The molecule has 0 aliphatic heterocycles. The Kier molecular flexibility index (Phi) is 9.24. The van der Waals surface area contributed by atoms with Gasteiger partial charge in [0.2, 0.25) is 11.8 Å². The number of carbonyl (C=O) groups excluding carboxylic acids is 2. The first-order valence-corrected chi connectivity index (χ1v) is 12.6. The molecule has 0 unspecified atom stereocenters. The summed E-state index contributed by atoms with van der Waals surface area (Å²) in [4.78, 5) is 30.6. The van der Waals surface area contributed by atoms with E-state index in [0.717, 1.165) is 31.2 Å². The van der Waals surface area contributed by atoms with Crippen molar-refractivity contribution in [1.29, 1.82) is 0 Å². The maximum Gasteiger partial charge on any atom is 0.242 e. The topological polar surface area (TPSA) is 72.2 Å². The van der Waals surface area contributed by atoms with Gasteiger partial charge in [-0.25, -0.2) is 0 Å². The fourth-order valence-corrected chi connectivity index (χ4v) is 4.63. The van der Waals surface area contributed by atoms with Gasteiger partial charge in [0.05, 0.1) is 27.0 Å². The number of nitrogens with zero attached hydrogens (tertiary/aromatic N) is 2. The average molecular weight is 485 g/mol. The molecule has 0 N–H and O–H groups in total. The van der Waals surface area contributed by atoms with Gasteiger partial charge in [-0.3, -0.25) is 9.59 Å². The van der Waals surface area contributed by atoms with Gasteiger partial charge in [-0.05, 0) is 69.9 Å². The summed E-state index contributed by atoms with van der Waals surface area (Å²) < 4.78 is 16.3. The zero-order valence-electron chi connectivity index (χ0n) is 21.8. The van der Waals surface area contributed by atoms with Crippen LogP contribution in [0.25, 0.3) is 0 Å². The van der Waals surface area contributed by atoms with E-state index < -0.39 is 5.54 Å². The van der Waals surface area contributed by atoms with Crippen LogP contribution in [-0.4, -0.2) is 54.5 Å². The largest absolute Gasteiger partial charge is 0.493 e. The van der Waals surface area contributed by atoms with Crippen molar-refractivity contribution in [2.45, 2.75) is 71.4 Å². The van der Waals surface area contributed by atoms with Gasteiger partial charge in [-0.15, -0.1) is 0 Å². The molecular weight excluding hydrogens is 444 g/mol. The highest BCUT2D eigenvalue weighted by atomic mass is 16.5. The highest BCUT2D eigenvalue weighted by molar-refractivity contribution is 5.86. The van der Waals surface area contributed by atoms with Crippen LogP contribution in [0.1, 0.15) is 64.2 Å². The third-order valence-corrected chi connectivity index (χ3v) is 6.72. The summed E-state index contributed by atoms with van der Waals surface area (Å²) >= 11 is 0. The highest BCUT2D eigenvalue weighted by Crippen LogP contribution is 2.29. The number of ether oxygens (including phenoxy) is 2. The minimum absolute atomic E-state index is 0.0149. The van der Waals surface area contributed by atoms with Crippen molar-refractivity contribution in [2.24, 2.45) is 5.92 Å². The molecule has 0 spiro atoms. The van der Waals surface area contributed by atoms with Crippen LogP contribution in [0.5, 0.6) is 11.5 Å². The lowest BCUT2D eigenvalue weighted by atomic mass is 9.87. The Hall–Kier alpha value is -2.96. The molecule has 0 saturated heterocycles. The molecule has 192 valence electrons. The molecule has 0 radical (unpaired) electrons. The summed E-state index contributed by atoms with van der Waals surface area (Å²) in [6.45, 7) is 6.91. The second-order valence-electron chi connectivity index (χ2n) is 10.3. The molecule has 7 nitrogen and oxygen atoms in total. The van der Waals surface area contributed by atoms with Crippen LogP contribution in [-0.2, 0) is 22.6 Å². The molecule has 0 atom stereocenters. The maximum atomic E-state index is 13.6. The Balaban J connectivity index is 1.76. The Morgan fingerprint density at radius 2 is 1.74 bits per heavy atom. The Morgan fingerprint density at radius 3 is 2.34 bits per heavy atom. The third-order valence-electron chi connectivity index (χ3n) is 6.72. The van der Waals surface area contributed by atoms with Crippen molar-refractivity contribution in [1.82, 2.24) is 9.80 Å². The fraction of sp³-hybridized carbons (Fsp3) is 0.571. The second-order valence-corrected chi connectivity index (χ2v) is 10.3. The normalized spacial score (nSPS) is 14.4. The van der Waals surface area contributed by atoms with Gasteiger partial charge in [0.1, 0.15) is 12.3 Å². The molecule has 7 heteroatoms. The molecule has 1 saturated carbocycles. The number of furan rings is 1. The average Bonchev–Trinajstić information content (AvgIpc) is 3.37. The standard InChI is InChI=1S/C28H40N2O5/c1-28(2,3)30(27(32)22-10-7-6-8-11-22)20-26(31)29(19-23-12-9-17-35-23)16-15-21-13-14-24(33-4)25(18-21)34-5/h9,12-14,17-18,22H,6-8,10-11,15-16,19-20H2,1-5H3. The summed E-state index contributed by atoms with van der Waals surface area (Å²) in [5.74, 6) is 2.07. The summed E-state index contributed by atoms with van der Waals surface area (Å²) in [6.07, 6.45) is 7.42. The van der Waals surface area contributed by atoms with Gasteiger partial charge in [-0.2, -0.15) is 0 Å².